The van der Waals surface area contributed by atoms with Gasteiger partial charge in [0.2, 0.25) is 0 Å². The molecule has 2 aromatic heterocycles. The monoisotopic (exact) mass is 433 g/mol. The Morgan fingerprint density at radius 3 is 1.94 bits per heavy atom. The van der Waals surface area contributed by atoms with E-state index in [1.807, 2.05) is 12.1 Å². The molecule has 0 saturated carbocycles. The molecule has 0 radical (unpaired) electrons. The summed E-state index contributed by atoms with van der Waals surface area (Å²) in [6.45, 7) is 0. The van der Waals surface area contributed by atoms with Crippen LogP contribution in [0.5, 0.6) is 0 Å². The molecule has 2 heteroatoms. The molecule has 0 aliphatic heterocycles. The number of hydrogen-bond donors (Lipinski definition) is 0. The third kappa shape index (κ3) is 2.35. The van der Waals surface area contributed by atoms with E-state index in [4.69, 9.17) is 4.42 Å². The summed E-state index contributed by atoms with van der Waals surface area (Å²) in [4.78, 5) is 0. The summed E-state index contributed by atoms with van der Waals surface area (Å²) in [6.07, 6.45) is 0. The van der Waals surface area contributed by atoms with E-state index in [0.29, 0.717) is 0 Å². The molecule has 0 atom stereocenters. The minimum Gasteiger partial charge on any atom is -0.456 e. The standard InChI is InChI=1S/C32H19NO/c1-2-10-22-17-29-25(16-21(22)9-1)26-19-32-27(24-13-5-6-15-31(24)34-32)18-30(26)33(29)28-14-7-11-20-8-3-4-12-23(20)28/h1-19H. The Hall–Kier alpha value is -4.56. The molecular formula is C32H19NO. The van der Waals surface area contributed by atoms with Gasteiger partial charge in [-0.1, -0.05) is 78.9 Å². The third-order valence-corrected chi connectivity index (χ3v) is 7.14. The van der Waals surface area contributed by atoms with Crippen LogP contribution in [0.4, 0.5) is 0 Å². The highest BCUT2D eigenvalue weighted by Gasteiger charge is 2.18. The highest BCUT2D eigenvalue weighted by Crippen LogP contribution is 2.40. The minimum atomic E-state index is 0.927. The molecule has 0 unspecified atom stereocenters. The van der Waals surface area contributed by atoms with Crippen LogP contribution < -0.4 is 0 Å². The number of benzene rings is 6. The molecule has 0 bridgehead atoms. The molecular weight excluding hydrogens is 414 g/mol. The van der Waals surface area contributed by atoms with Crippen molar-refractivity contribution in [2.45, 2.75) is 0 Å². The van der Waals surface area contributed by atoms with Crippen molar-refractivity contribution in [3.8, 4) is 5.69 Å². The summed E-state index contributed by atoms with van der Waals surface area (Å²) in [6, 6.07) is 41.3. The van der Waals surface area contributed by atoms with Gasteiger partial charge in [0.05, 0.1) is 16.7 Å². The zero-order valence-corrected chi connectivity index (χ0v) is 18.3. The van der Waals surface area contributed by atoms with Crippen molar-refractivity contribution >= 4 is 65.3 Å². The van der Waals surface area contributed by atoms with Gasteiger partial charge < -0.3 is 8.98 Å². The van der Waals surface area contributed by atoms with Crippen LogP contribution >= 0.6 is 0 Å². The number of aromatic nitrogens is 1. The van der Waals surface area contributed by atoms with Crippen LogP contribution in [0.25, 0.3) is 71.0 Å². The average Bonchev–Trinajstić information content (AvgIpc) is 3.40. The highest BCUT2D eigenvalue weighted by atomic mass is 16.3. The van der Waals surface area contributed by atoms with Crippen molar-refractivity contribution in [1.82, 2.24) is 4.57 Å². The van der Waals surface area contributed by atoms with E-state index in [0.717, 1.165) is 21.9 Å². The van der Waals surface area contributed by atoms with Crippen LogP contribution in [0.2, 0.25) is 0 Å². The second kappa shape index (κ2) is 6.49. The first kappa shape index (κ1) is 17.9. The van der Waals surface area contributed by atoms with Crippen molar-refractivity contribution < 1.29 is 4.42 Å². The minimum absolute atomic E-state index is 0.927. The van der Waals surface area contributed by atoms with E-state index >= 15 is 0 Å². The summed E-state index contributed by atoms with van der Waals surface area (Å²) in [7, 11) is 0. The van der Waals surface area contributed by atoms with Gasteiger partial charge in [-0.15, -0.1) is 0 Å². The molecule has 0 N–H and O–H groups in total. The van der Waals surface area contributed by atoms with Gasteiger partial charge in [-0.05, 0) is 52.6 Å². The van der Waals surface area contributed by atoms with Crippen LogP contribution in [-0.4, -0.2) is 4.57 Å². The predicted molar refractivity (Wildman–Crippen MR) is 143 cm³/mol. The van der Waals surface area contributed by atoms with Gasteiger partial charge in [0.1, 0.15) is 11.2 Å². The number of hydrogen-bond acceptors (Lipinski definition) is 1. The van der Waals surface area contributed by atoms with Gasteiger partial charge in [-0.25, -0.2) is 0 Å². The van der Waals surface area contributed by atoms with Crippen molar-refractivity contribution in [1.29, 1.82) is 0 Å². The highest BCUT2D eigenvalue weighted by molar-refractivity contribution is 6.19. The summed E-state index contributed by atoms with van der Waals surface area (Å²) in [5.41, 5.74) is 5.46. The van der Waals surface area contributed by atoms with Crippen LogP contribution in [-0.2, 0) is 0 Å². The number of para-hydroxylation sites is 1. The van der Waals surface area contributed by atoms with Gasteiger partial charge in [0, 0.05) is 26.9 Å². The molecule has 0 saturated heterocycles. The largest absolute Gasteiger partial charge is 0.456 e. The fourth-order valence-electron chi connectivity index (χ4n) is 5.58. The maximum Gasteiger partial charge on any atom is 0.136 e. The number of rotatable bonds is 1. The summed E-state index contributed by atoms with van der Waals surface area (Å²) in [5, 5.41) is 9.73. The quantitative estimate of drug-likeness (QED) is 0.253. The molecule has 2 heterocycles. The van der Waals surface area contributed by atoms with Crippen LogP contribution in [0.1, 0.15) is 0 Å². The molecule has 2 nitrogen and oxygen atoms in total. The van der Waals surface area contributed by atoms with E-state index in [2.05, 4.69) is 108 Å². The first-order valence-electron chi connectivity index (χ1n) is 11.6. The Kier molecular flexibility index (Phi) is 3.42. The van der Waals surface area contributed by atoms with Gasteiger partial charge in [-0.2, -0.15) is 0 Å². The molecule has 0 aliphatic rings. The van der Waals surface area contributed by atoms with E-state index in [1.54, 1.807) is 0 Å². The number of nitrogens with zero attached hydrogens (tertiary/aromatic N) is 1. The second-order valence-corrected chi connectivity index (χ2v) is 9.01. The zero-order chi connectivity index (χ0) is 22.2. The van der Waals surface area contributed by atoms with Gasteiger partial charge in [0.15, 0.2) is 0 Å². The van der Waals surface area contributed by atoms with Crippen LogP contribution in [0, 0.1) is 0 Å². The smallest absolute Gasteiger partial charge is 0.136 e. The van der Waals surface area contributed by atoms with Gasteiger partial charge in [-0.3, -0.25) is 0 Å². The fourth-order valence-corrected chi connectivity index (χ4v) is 5.58. The average molecular weight is 434 g/mol. The first-order chi connectivity index (χ1) is 16.8. The van der Waals surface area contributed by atoms with E-state index in [9.17, 15) is 0 Å². The van der Waals surface area contributed by atoms with E-state index in [-0.39, 0.29) is 0 Å². The molecule has 8 aromatic rings. The van der Waals surface area contributed by atoms with Crippen molar-refractivity contribution in [3.05, 3.63) is 115 Å². The molecule has 0 spiro atoms. The summed E-state index contributed by atoms with van der Waals surface area (Å²) < 4.78 is 8.70. The number of furan rings is 1. The topological polar surface area (TPSA) is 18.1 Å². The Bertz CT molecular complexity index is 2070. The van der Waals surface area contributed by atoms with Crippen molar-refractivity contribution in [3.63, 3.8) is 0 Å². The second-order valence-electron chi connectivity index (χ2n) is 9.01. The molecule has 158 valence electrons. The van der Waals surface area contributed by atoms with Crippen molar-refractivity contribution in [2.75, 3.05) is 0 Å². The lowest BCUT2D eigenvalue weighted by Gasteiger charge is -2.12. The first-order valence-corrected chi connectivity index (χ1v) is 11.6. The molecule has 34 heavy (non-hydrogen) atoms. The lowest BCUT2D eigenvalue weighted by Crippen LogP contribution is -1.95. The summed E-state index contributed by atoms with van der Waals surface area (Å²) in [5.74, 6) is 0. The third-order valence-electron chi connectivity index (χ3n) is 7.14. The molecule has 8 rings (SSSR count). The SMILES string of the molecule is c1ccc2cc3c(cc2c1)c1cc2oc4ccccc4c2cc1n3-c1cccc2ccccc12. The predicted octanol–water partition coefficient (Wildman–Crippen LogP) is 8.99. The maximum atomic E-state index is 6.27. The van der Waals surface area contributed by atoms with Gasteiger partial charge >= 0.3 is 0 Å². The molecule has 0 fully saturated rings. The Labute approximate surface area is 195 Å². The molecule has 0 aliphatic carbocycles. The lowest BCUT2D eigenvalue weighted by atomic mass is 10.1. The van der Waals surface area contributed by atoms with Crippen molar-refractivity contribution in [2.24, 2.45) is 0 Å². The zero-order valence-electron chi connectivity index (χ0n) is 18.3. The Morgan fingerprint density at radius 1 is 0.412 bits per heavy atom. The lowest BCUT2D eigenvalue weighted by molar-refractivity contribution is 0.669. The Morgan fingerprint density at radius 2 is 1.06 bits per heavy atom. The van der Waals surface area contributed by atoms with E-state index < -0.39 is 0 Å². The molecule has 0 amide bonds. The Balaban J connectivity index is 1.63. The van der Waals surface area contributed by atoms with Crippen LogP contribution in [0.15, 0.2) is 120 Å². The normalized spacial score (nSPS) is 12.1. The van der Waals surface area contributed by atoms with Gasteiger partial charge in [0.25, 0.3) is 0 Å². The molecule has 6 aromatic carbocycles. The van der Waals surface area contributed by atoms with E-state index in [1.165, 1.54) is 49.0 Å². The number of fused-ring (bicyclic) bond motifs is 8. The fraction of sp³-hybridized carbons (Fsp3) is 0. The van der Waals surface area contributed by atoms with Crippen LogP contribution in [0.3, 0.4) is 0 Å². The maximum absolute atomic E-state index is 6.27. The summed E-state index contributed by atoms with van der Waals surface area (Å²) >= 11 is 0.